The lowest BCUT2D eigenvalue weighted by Crippen LogP contribution is -2.31. The molecular formula is C25H24N2O2. The van der Waals surface area contributed by atoms with E-state index in [1.54, 1.807) is 24.3 Å². The molecule has 0 aromatic heterocycles. The molecule has 0 fully saturated rings. The van der Waals surface area contributed by atoms with Crippen molar-refractivity contribution in [2.24, 2.45) is 0 Å². The maximum absolute atomic E-state index is 12.9. The van der Waals surface area contributed by atoms with E-state index >= 15 is 0 Å². The van der Waals surface area contributed by atoms with Gasteiger partial charge in [0.2, 0.25) is 0 Å². The first-order valence-corrected chi connectivity index (χ1v) is 9.97. The topological polar surface area (TPSA) is 58.2 Å². The molecule has 146 valence electrons. The van der Waals surface area contributed by atoms with E-state index in [1.807, 2.05) is 43.3 Å². The van der Waals surface area contributed by atoms with Crippen LogP contribution in [0.3, 0.4) is 0 Å². The zero-order chi connectivity index (χ0) is 20.2. The number of hydrogen-bond acceptors (Lipinski definition) is 2. The van der Waals surface area contributed by atoms with E-state index in [2.05, 4.69) is 22.8 Å². The summed E-state index contributed by atoms with van der Waals surface area (Å²) in [6.07, 6.45) is 3.06. The van der Waals surface area contributed by atoms with Crippen molar-refractivity contribution in [3.05, 3.63) is 101 Å². The van der Waals surface area contributed by atoms with Crippen LogP contribution in [0.25, 0.3) is 0 Å². The van der Waals surface area contributed by atoms with Gasteiger partial charge in [0, 0.05) is 16.8 Å². The summed E-state index contributed by atoms with van der Waals surface area (Å²) in [5.41, 5.74) is 5.20. The van der Waals surface area contributed by atoms with E-state index in [0.29, 0.717) is 16.8 Å². The molecule has 2 N–H and O–H groups in total. The first-order valence-electron chi connectivity index (χ1n) is 9.97. The van der Waals surface area contributed by atoms with Gasteiger partial charge in [-0.15, -0.1) is 0 Å². The average molecular weight is 384 g/mol. The average Bonchev–Trinajstić information content (AvgIpc) is 2.76. The first-order chi connectivity index (χ1) is 14.1. The van der Waals surface area contributed by atoms with Crippen LogP contribution in [-0.4, -0.2) is 11.8 Å². The number of benzene rings is 3. The Kier molecular flexibility index (Phi) is 5.43. The van der Waals surface area contributed by atoms with Crippen LogP contribution in [0.15, 0.2) is 72.8 Å². The lowest BCUT2D eigenvalue weighted by atomic mass is 9.87. The Morgan fingerprint density at radius 2 is 1.62 bits per heavy atom. The Bertz CT molecular complexity index is 1040. The fraction of sp³-hybridized carbons (Fsp3) is 0.200. The third kappa shape index (κ3) is 4.21. The number of hydrogen-bond donors (Lipinski definition) is 2. The van der Waals surface area contributed by atoms with E-state index in [9.17, 15) is 9.59 Å². The summed E-state index contributed by atoms with van der Waals surface area (Å²) in [5, 5.41) is 6.09. The van der Waals surface area contributed by atoms with Crippen molar-refractivity contribution in [2.45, 2.75) is 32.2 Å². The van der Waals surface area contributed by atoms with E-state index < -0.39 is 0 Å². The number of anilines is 1. The molecule has 0 saturated carbocycles. The van der Waals surface area contributed by atoms with Gasteiger partial charge in [0.05, 0.1) is 6.04 Å². The third-order valence-corrected chi connectivity index (χ3v) is 5.46. The number of amides is 2. The van der Waals surface area contributed by atoms with Gasteiger partial charge in [-0.25, -0.2) is 0 Å². The van der Waals surface area contributed by atoms with Crippen LogP contribution < -0.4 is 10.6 Å². The summed E-state index contributed by atoms with van der Waals surface area (Å²) in [6, 6.07) is 22.8. The van der Waals surface area contributed by atoms with Gasteiger partial charge >= 0.3 is 0 Å². The highest BCUT2D eigenvalue weighted by molar-refractivity contribution is 6.05. The summed E-state index contributed by atoms with van der Waals surface area (Å²) in [6.45, 7) is 1.92. The van der Waals surface area contributed by atoms with Crippen LogP contribution in [0.4, 0.5) is 5.69 Å². The maximum Gasteiger partial charge on any atom is 0.255 e. The van der Waals surface area contributed by atoms with Gasteiger partial charge in [0.25, 0.3) is 11.8 Å². The van der Waals surface area contributed by atoms with Gasteiger partial charge in [-0.3, -0.25) is 9.59 Å². The molecule has 0 saturated heterocycles. The van der Waals surface area contributed by atoms with Gasteiger partial charge in [0.15, 0.2) is 0 Å². The van der Waals surface area contributed by atoms with Crippen molar-refractivity contribution < 1.29 is 9.59 Å². The minimum absolute atomic E-state index is 0.0242. The van der Waals surface area contributed by atoms with Gasteiger partial charge < -0.3 is 10.6 Å². The molecule has 4 heteroatoms. The molecule has 3 aromatic carbocycles. The molecule has 4 rings (SSSR count). The van der Waals surface area contributed by atoms with Crippen molar-refractivity contribution in [2.75, 3.05) is 5.32 Å². The van der Waals surface area contributed by atoms with Crippen LogP contribution in [0.2, 0.25) is 0 Å². The highest BCUT2D eigenvalue weighted by atomic mass is 16.2. The lowest BCUT2D eigenvalue weighted by Gasteiger charge is -2.26. The second-order valence-electron chi connectivity index (χ2n) is 7.47. The van der Waals surface area contributed by atoms with Crippen molar-refractivity contribution in [1.29, 1.82) is 0 Å². The molecule has 2 amide bonds. The van der Waals surface area contributed by atoms with Crippen molar-refractivity contribution in [1.82, 2.24) is 5.32 Å². The van der Waals surface area contributed by atoms with Crippen LogP contribution in [-0.2, 0) is 6.42 Å². The van der Waals surface area contributed by atoms with Gasteiger partial charge in [-0.2, -0.15) is 0 Å². The normalized spacial score (nSPS) is 15.3. The Labute approximate surface area is 171 Å². The molecule has 29 heavy (non-hydrogen) atoms. The van der Waals surface area contributed by atoms with E-state index in [0.717, 1.165) is 24.8 Å². The minimum Gasteiger partial charge on any atom is -0.345 e. The fourth-order valence-corrected chi connectivity index (χ4v) is 3.83. The quantitative estimate of drug-likeness (QED) is 0.661. The Hall–Kier alpha value is -3.40. The monoisotopic (exact) mass is 384 g/mol. The molecule has 1 atom stereocenters. The first kappa shape index (κ1) is 18.9. The predicted molar refractivity (Wildman–Crippen MR) is 115 cm³/mol. The second kappa shape index (κ2) is 8.31. The number of nitrogens with one attached hydrogen (secondary N) is 2. The largest absolute Gasteiger partial charge is 0.345 e. The summed E-state index contributed by atoms with van der Waals surface area (Å²) in [5.74, 6) is -0.311. The zero-order valence-electron chi connectivity index (χ0n) is 16.4. The van der Waals surface area contributed by atoms with Gasteiger partial charge in [0.1, 0.15) is 0 Å². The standard InChI is InChI=1S/C25H24N2O2/c1-17-14-15-20(16-23(17)27-24(28)19-9-3-2-4-10-19)25(29)26-22-13-7-11-18-8-5-6-12-21(18)22/h2-6,8-10,12,14-16,22H,7,11,13H2,1H3,(H,26,29)(H,27,28). The Morgan fingerprint density at radius 1 is 0.862 bits per heavy atom. The van der Waals surface area contributed by atoms with Crippen LogP contribution >= 0.6 is 0 Å². The van der Waals surface area contributed by atoms with E-state index in [1.165, 1.54) is 11.1 Å². The SMILES string of the molecule is Cc1ccc(C(=O)NC2CCCc3ccccc32)cc1NC(=O)c1ccccc1. The highest BCUT2D eigenvalue weighted by Gasteiger charge is 2.22. The number of rotatable bonds is 4. The number of fused-ring (bicyclic) bond motifs is 1. The molecule has 0 heterocycles. The molecule has 3 aromatic rings. The van der Waals surface area contributed by atoms with E-state index in [-0.39, 0.29) is 17.9 Å². The van der Waals surface area contributed by atoms with Crippen molar-refractivity contribution >= 4 is 17.5 Å². The molecular weight excluding hydrogens is 360 g/mol. The van der Waals surface area contributed by atoms with Crippen LogP contribution in [0.5, 0.6) is 0 Å². The molecule has 0 spiro atoms. The molecule has 1 aliphatic rings. The molecule has 4 nitrogen and oxygen atoms in total. The summed E-state index contributed by atoms with van der Waals surface area (Å²) in [4.78, 5) is 25.4. The molecule has 1 aliphatic carbocycles. The van der Waals surface area contributed by atoms with E-state index in [4.69, 9.17) is 0 Å². The predicted octanol–water partition coefficient (Wildman–Crippen LogP) is 5.05. The number of carbonyl (C=O) groups is 2. The zero-order valence-corrected chi connectivity index (χ0v) is 16.4. The van der Waals surface area contributed by atoms with Gasteiger partial charge in [-0.1, -0.05) is 48.5 Å². The molecule has 1 unspecified atom stereocenters. The number of aryl methyl sites for hydroxylation is 2. The summed E-state index contributed by atoms with van der Waals surface area (Å²) >= 11 is 0. The van der Waals surface area contributed by atoms with Gasteiger partial charge in [-0.05, 0) is 67.1 Å². The lowest BCUT2D eigenvalue weighted by molar-refractivity contribution is 0.0931. The van der Waals surface area contributed by atoms with Crippen molar-refractivity contribution in [3.63, 3.8) is 0 Å². The smallest absolute Gasteiger partial charge is 0.255 e. The number of carbonyl (C=O) groups excluding carboxylic acids is 2. The highest BCUT2D eigenvalue weighted by Crippen LogP contribution is 2.30. The molecule has 0 aliphatic heterocycles. The third-order valence-electron chi connectivity index (χ3n) is 5.46. The molecule has 0 radical (unpaired) electrons. The summed E-state index contributed by atoms with van der Waals surface area (Å²) in [7, 11) is 0. The minimum atomic E-state index is -0.188. The van der Waals surface area contributed by atoms with Crippen molar-refractivity contribution in [3.8, 4) is 0 Å². The molecule has 0 bridgehead atoms. The Morgan fingerprint density at radius 3 is 2.45 bits per heavy atom. The Balaban J connectivity index is 1.51. The maximum atomic E-state index is 12.9. The van der Waals surface area contributed by atoms with Crippen LogP contribution in [0.1, 0.15) is 56.3 Å². The fourth-order valence-electron chi connectivity index (χ4n) is 3.83. The van der Waals surface area contributed by atoms with Crippen LogP contribution in [0, 0.1) is 6.92 Å². The summed E-state index contributed by atoms with van der Waals surface area (Å²) < 4.78 is 0. The second-order valence-corrected chi connectivity index (χ2v) is 7.47.